The molecule has 0 saturated heterocycles. The molecule has 1 amide bonds. The highest BCUT2D eigenvalue weighted by Crippen LogP contribution is 2.18. The minimum atomic E-state index is -0.925. The zero-order chi connectivity index (χ0) is 14.4. The van der Waals surface area contributed by atoms with Crippen LogP contribution in [0, 0.1) is 11.8 Å². The van der Waals surface area contributed by atoms with Crippen molar-refractivity contribution in [1.29, 1.82) is 0 Å². The van der Waals surface area contributed by atoms with Crippen LogP contribution in [0.5, 0.6) is 0 Å². The van der Waals surface area contributed by atoms with E-state index in [4.69, 9.17) is 5.11 Å². The lowest BCUT2D eigenvalue weighted by atomic mass is 9.95. The van der Waals surface area contributed by atoms with E-state index in [1.807, 2.05) is 51.1 Å². The topological polar surface area (TPSA) is 66.4 Å². The van der Waals surface area contributed by atoms with Crippen molar-refractivity contribution >= 4 is 11.9 Å². The Morgan fingerprint density at radius 1 is 1.16 bits per heavy atom. The number of carboxylic acid groups (broad SMARTS) is 1. The Labute approximate surface area is 113 Å². The van der Waals surface area contributed by atoms with Crippen LogP contribution >= 0.6 is 0 Å². The number of rotatable bonds is 6. The van der Waals surface area contributed by atoms with Gasteiger partial charge in [0.15, 0.2) is 0 Å². The number of benzene rings is 1. The number of carbonyl (C=O) groups excluding carboxylic acids is 1. The molecule has 0 aliphatic heterocycles. The van der Waals surface area contributed by atoms with Crippen molar-refractivity contribution in [2.75, 3.05) is 0 Å². The Morgan fingerprint density at radius 3 is 2.21 bits per heavy atom. The van der Waals surface area contributed by atoms with E-state index < -0.39 is 12.0 Å². The normalized spacial score (nSPS) is 13.9. The average Bonchev–Trinajstić information content (AvgIpc) is 2.37. The van der Waals surface area contributed by atoms with Gasteiger partial charge >= 0.3 is 5.97 Å². The molecule has 0 saturated carbocycles. The van der Waals surface area contributed by atoms with Crippen LogP contribution in [0.1, 0.15) is 38.8 Å². The third kappa shape index (κ3) is 4.73. The van der Waals surface area contributed by atoms with Gasteiger partial charge in [0, 0.05) is 5.92 Å². The van der Waals surface area contributed by atoms with Gasteiger partial charge < -0.3 is 10.4 Å². The molecule has 0 aliphatic carbocycles. The number of hydrogen-bond donors (Lipinski definition) is 2. The standard InChI is InChI=1S/C15H21NO3/c1-10(2)11(3)15(19)16-13(9-14(17)18)12-7-5-4-6-8-12/h4-8,10-11,13H,9H2,1-3H3,(H,16,19)(H,17,18). The van der Waals surface area contributed by atoms with Crippen LogP contribution in [-0.4, -0.2) is 17.0 Å². The summed E-state index contributed by atoms with van der Waals surface area (Å²) in [4.78, 5) is 23.0. The molecule has 0 bridgehead atoms. The fourth-order valence-corrected chi connectivity index (χ4v) is 1.72. The molecule has 19 heavy (non-hydrogen) atoms. The number of aliphatic carboxylic acids is 1. The number of amides is 1. The van der Waals surface area contributed by atoms with Crippen LogP contribution in [0.25, 0.3) is 0 Å². The maximum atomic E-state index is 12.0. The first kappa shape index (κ1) is 15.2. The maximum Gasteiger partial charge on any atom is 0.305 e. The first-order valence-corrected chi connectivity index (χ1v) is 6.49. The molecular weight excluding hydrogens is 242 g/mol. The van der Waals surface area contributed by atoms with Crippen molar-refractivity contribution in [2.45, 2.75) is 33.2 Å². The monoisotopic (exact) mass is 263 g/mol. The highest BCUT2D eigenvalue weighted by molar-refractivity contribution is 5.80. The van der Waals surface area contributed by atoms with E-state index in [9.17, 15) is 9.59 Å². The molecule has 4 heteroatoms. The van der Waals surface area contributed by atoms with Gasteiger partial charge in [-0.2, -0.15) is 0 Å². The smallest absolute Gasteiger partial charge is 0.305 e. The average molecular weight is 263 g/mol. The van der Waals surface area contributed by atoms with E-state index in [1.54, 1.807) is 0 Å². The summed E-state index contributed by atoms with van der Waals surface area (Å²) in [5, 5.41) is 11.8. The van der Waals surface area contributed by atoms with Crippen molar-refractivity contribution in [3.63, 3.8) is 0 Å². The second-order valence-electron chi connectivity index (χ2n) is 5.10. The minimum Gasteiger partial charge on any atom is -0.481 e. The first-order chi connectivity index (χ1) is 8.91. The molecular formula is C15H21NO3. The number of nitrogens with one attached hydrogen (secondary N) is 1. The van der Waals surface area contributed by atoms with Gasteiger partial charge in [0.1, 0.15) is 0 Å². The summed E-state index contributed by atoms with van der Waals surface area (Å²) >= 11 is 0. The summed E-state index contributed by atoms with van der Waals surface area (Å²) in [5.41, 5.74) is 0.814. The van der Waals surface area contributed by atoms with E-state index >= 15 is 0 Å². The lowest BCUT2D eigenvalue weighted by Gasteiger charge is -2.21. The molecule has 0 aliphatic rings. The molecule has 1 rings (SSSR count). The molecule has 1 aromatic carbocycles. The largest absolute Gasteiger partial charge is 0.481 e. The molecule has 0 heterocycles. The molecule has 2 atom stereocenters. The van der Waals surface area contributed by atoms with Gasteiger partial charge in [0.25, 0.3) is 0 Å². The number of hydrogen-bond acceptors (Lipinski definition) is 2. The molecule has 2 N–H and O–H groups in total. The summed E-state index contributed by atoms with van der Waals surface area (Å²) in [5.74, 6) is -0.947. The summed E-state index contributed by atoms with van der Waals surface area (Å²) < 4.78 is 0. The Bertz CT molecular complexity index is 428. The molecule has 0 aromatic heterocycles. The fourth-order valence-electron chi connectivity index (χ4n) is 1.72. The van der Waals surface area contributed by atoms with Crippen LogP contribution in [0.15, 0.2) is 30.3 Å². The second-order valence-corrected chi connectivity index (χ2v) is 5.10. The van der Waals surface area contributed by atoms with Crippen molar-refractivity contribution in [1.82, 2.24) is 5.32 Å². The summed E-state index contributed by atoms with van der Waals surface area (Å²) in [6, 6.07) is 8.71. The number of carbonyl (C=O) groups is 2. The van der Waals surface area contributed by atoms with E-state index in [0.717, 1.165) is 5.56 Å². The molecule has 0 radical (unpaired) electrons. The zero-order valence-corrected chi connectivity index (χ0v) is 11.6. The number of carboxylic acids is 1. The Kier molecular flexibility index (Phi) is 5.55. The van der Waals surface area contributed by atoms with Crippen molar-refractivity contribution < 1.29 is 14.7 Å². The predicted molar refractivity (Wildman–Crippen MR) is 73.6 cm³/mol. The molecule has 104 valence electrons. The van der Waals surface area contributed by atoms with Crippen LogP contribution in [0.2, 0.25) is 0 Å². The van der Waals surface area contributed by atoms with Crippen LogP contribution in [0.4, 0.5) is 0 Å². The lowest BCUT2D eigenvalue weighted by molar-refractivity contribution is -0.138. The maximum absolute atomic E-state index is 12.0. The van der Waals surface area contributed by atoms with Crippen molar-refractivity contribution in [3.8, 4) is 0 Å². The second kappa shape index (κ2) is 6.92. The van der Waals surface area contributed by atoms with E-state index in [-0.39, 0.29) is 24.2 Å². The molecule has 0 spiro atoms. The van der Waals surface area contributed by atoms with Crippen LogP contribution < -0.4 is 5.32 Å². The quantitative estimate of drug-likeness (QED) is 0.829. The van der Waals surface area contributed by atoms with Gasteiger partial charge in [-0.05, 0) is 11.5 Å². The fraction of sp³-hybridized carbons (Fsp3) is 0.467. The van der Waals surface area contributed by atoms with E-state index in [1.165, 1.54) is 0 Å². The molecule has 2 unspecified atom stereocenters. The third-order valence-electron chi connectivity index (χ3n) is 3.31. The Hall–Kier alpha value is -1.84. The third-order valence-corrected chi connectivity index (χ3v) is 3.31. The summed E-state index contributed by atoms with van der Waals surface area (Å²) in [6.45, 7) is 5.79. The highest BCUT2D eigenvalue weighted by atomic mass is 16.4. The Balaban J connectivity index is 2.82. The van der Waals surface area contributed by atoms with Crippen molar-refractivity contribution in [2.24, 2.45) is 11.8 Å². The molecule has 0 fully saturated rings. The zero-order valence-electron chi connectivity index (χ0n) is 11.6. The van der Waals surface area contributed by atoms with Gasteiger partial charge in [0.05, 0.1) is 12.5 Å². The van der Waals surface area contributed by atoms with Gasteiger partial charge in [-0.1, -0.05) is 51.1 Å². The van der Waals surface area contributed by atoms with Crippen LogP contribution in [0.3, 0.4) is 0 Å². The van der Waals surface area contributed by atoms with Gasteiger partial charge in [-0.3, -0.25) is 9.59 Å². The highest BCUT2D eigenvalue weighted by Gasteiger charge is 2.22. The minimum absolute atomic E-state index is 0.106. The van der Waals surface area contributed by atoms with E-state index in [0.29, 0.717) is 0 Å². The summed E-state index contributed by atoms with van der Waals surface area (Å²) in [7, 11) is 0. The van der Waals surface area contributed by atoms with Gasteiger partial charge in [-0.15, -0.1) is 0 Å². The van der Waals surface area contributed by atoms with E-state index in [2.05, 4.69) is 5.32 Å². The predicted octanol–water partition coefficient (Wildman–Crippen LogP) is 2.61. The lowest BCUT2D eigenvalue weighted by Crippen LogP contribution is -2.35. The first-order valence-electron chi connectivity index (χ1n) is 6.49. The molecule has 1 aromatic rings. The van der Waals surface area contributed by atoms with Gasteiger partial charge in [0.2, 0.25) is 5.91 Å². The van der Waals surface area contributed by atoms with Crippen molar-refractivity contribution in [3.05, 3.63) is 35.9 Å². The van der Waals surface area contributed by atoms with Gasteiger partial charge in [-0.25, -0.2) is 0 Å². The SMILES string of the molecule is CC(C)C(C)C(=O)NC(CC(=O)O)c1ccccc1. The Morgan fingerprint density at radius 2 is 1.74 bits per heavy atom. The van der Waals surface area contributed by atoms with Crippen LogP contribution in [-0.2, 0) is 9.59 Å². The summed E-state index contributed by atoms with van der Waals surface area (Å²) in [6.07, 6.45) is -0.111. The molecule has 4 nitrogen and oxygen atoms in total.